The van der Waals surface area contributed by atoms with E-state index in [1.165, 1.54) is 22.9 Å². The molecule has 0 aliphatic heterocycles. The Morgan fingerprint density at radius 1 is 1.25 bits per heavy atom. The minimum Gasteiger partial charge on any atom is -0.348 e. The van der Waals surface area contributed by atoms with Crippen LogP contribution in [0.1, 0.15) is 28.9 Å². The molecule has 1 aromatic carbocycles. The molecule has 0 atom stereocenters. The van der Waals surface area contributed by atoms with Gasteiger partial charge in [0.2, 0.25) is 0 Å². The van der Waals surface area contributed by atoms with Crippen molar-refractivity contribution < 1.29 is 22.4 Å². The molecule has 1 fully saturated rings. The summed E-state index contributed by atoms with van der Waals surface area (Å²) in [6.07, 6.45) is 0.526. The van der Waals surface area contributed by atoms with Crippen LogP contribution in [-0.4, -0.2) is 27.4 Å². The van der Waals surface area contributed by atoms with E-state index in [1.807, 2.05) is 0 Å². The molecule has 1 aliphatic rings. The van der Waals surface area contributed by atoms with Gasteiger partial charge in [-0.05, 0) is 30.3 Å². The van der Waals surface area contributed by atoms with Gasteiger partial charge >= 0.3 is 0 Å². The summed E-state index contributed by atoms with van der Waals surface area (Å²) in [6.45, 7) is 0. The van der Waals surface area contributed by atoms with E-state index >= 15 is 0 Å². The van der Waals surface area contributed by atoms with Crippen LogP contribution in [0.25, 0.3) is 16.7 Å². The highest BCUT2D eigenvalue weighted by atomic mass is 19.3. The average Bonchev–Trinajstić information content (AvgIpc) is 2.99. The third-order valence-electron chi connectivity index (χ3n) is 4.62. The molecule has 0 saturated heterocycles. The van der Waals surface area contributed by atoms with Gasteiger partial charge in [0, 0.05) is 30.5 Å². The predicted octanol–water partition coefficient (Wildman–Crippen LogP) is 3.70. The van der Waals surface area contributed by atoms with E-state index < -0.39 is 47.9 Å². The number of rotatable bonds is 3. The van der Waals surface area contributed by atoms with Crippen LogP contribution in [0.15, 0.2) is 36.5 Å². The molecule has 1 N–H and O–H groups in total. The van der Waals surface area contributed by atoms with Crippen molar-refractivity contribution in [1.29, 1.82) is 5.26 Å². The minimum atomic E-state index is -2.80. The number of nitriles is 1. The first-order valence-electron chi connectivity index (χ1n) is 8.34. The standard InChI is InChI=1S/C19H12F4N4O/c20-14-5-12(6-15(21)13(14)9-24)27-16(4-10-2-1-3-25-17(10)27)18(28)26-11-7-19(22,23)8-11/h1-6,11H,7-8H2,(H,26,28). The predicted molar refractivity (Wildman–Crippen MR) is 91.1 cm³/mol. The topological polar surface area (TPSA) is 70.7 Å². The minimum absolute atomic E-state index is 0.00701. The third-order valence-corrected chi connectivity index (χ3v) is 4.62. The first kappa shape index (κ1) is 18.0. The number of benzene rings is 1. The molecule has 2 aromatic heterocycles. The first-order chi connectivity index (χ1) is 13.3. The van der Waals surface area contributed by atoms with Crippen molar-refractivity contribution in [3.63, 3.8) is 0 Å². The summed E-state index contributed by atoms with van der Waals surface area (Å²) in [6, 6.07) is 7.33. The molecule has 0 radical (unpaired) electrons. The number of pyridine rings is 1. The van der Waals surface area contributed by atoms with E-state index in [0.29, 0.717) is 5.39 Å². The van der Waals surface area contributed by atoms with E-state index in [9.17, 15) is 22.4 Å². The Kier molecular flexibility index (Phi) is 4.07. The normalized spacial score (nSPS) is 15.8. The van der Waals surface area contributed by atoms with E-state index in [-0.39, 0.29) is 17.0 Å². The number of nitrogens with one attached hydrogen (secondary N) is 1. The van der Waals surface area contributed by atoms with Crippen molar-refractivity contribution in [2.24, 2.45) is 0 Å². The summed E-state index contributed by atoms with van der Waals surface area (Å²) in [5.41, 5.74) is -0.537. The Morgan fingerprint density at radius 2 is 1.93 bits per heavy atom. The average molecular weight is 388 g/mol. The van der Waals surface area contributed by atoms with E-state index in [2.05, 4.69) is 10.3 Å². The number of carbonyl (C=O) groups excluding carboxylic acids is 1. The van der Waals surface area contributed by atoms with E-state index in [1.54, 1.807) is 12.1 Å². The van der Waals surface area contributed by atoms with Crippen molar-refractivity contribution in [2.45, 2.75) is 24.8 Å². The molecule has 1 amide bonds. The Labute approximate surface area is 156 Å². The molecule has 0 unspecified atom stereocenters. The maximum atomic E-state index is 14.1. The largest absolute Gasteiger partial charge is 0.348 e. The molecule has 9 heteroatoms. The lowest BCUT2D eigenvalue weighted by Crippen LogP contribution is -2.50. The van der Waals surface area contributed by atoms with Crippen LogP contribution < -0.4 is 5.32 Å². The molecule has 1 saturated carbocycles. The maximum absolute atomic E-state index is 14.1. The van der Waals surface area contributed by atoms with E-state index in [0.717, 1.165) is 12.1 Å². The number of alkyl halides is 2. The Bertz CT molecular complexity index is 1120. The summed E-state index contributed by atoms with van der Waals surface area (Å²) in [5, 5.41) is 11.9. The summed E-state index contributed by atoms with van der Waals surface area (Å²) >= 11 is 0. The van der Waals surface area contributed by atoms with Gasteiger partial charge in [-0.3, -0.25) is 9.36 Å². The number of nitrogens with zero attached hydrogens (tertiary/aromatic N) is 3. The first-order valence-corrected chi connectivity index (χ1v) is 8.34. The van der Waals surface area contributed by atoms with Gasteiger partial charge in [0.25, 0.3) is 11.8 Å². The van der Waals surface area contributed by atoms with Crippen LogP contribution in [0.2, 0.25) is 0 Å². The molecule has 2 heterocycles. The van der Waals surface area contributed by atoms with Crippen LogP contribution >= 0.6 is 0 Å². The monoisotopic (exact) mass is 388 g/mol. The van der Waals surface area contributed by atoms with Crippen LogP contribution in [0.5, 0.6) is 0 Å². The number of fused-ring (bicyclic) bond motifs is 1. The van der Waals surface area contributed by atoms with Crippen molar-refractivity contribution in [2.75, 3.05) is 0 Å². The quantitative estimate of drug-likeness (QED) is 0.696. The second kappa shape index (κ2) is 6.34. The van der Waals surface area contributed by atoms with Gasteiger partial charge < -0.3 is 5.32 Å². The van der Waals surface area contributed by atoms with Gasteiger partial charge in [-0.25, -0.2) is 22.5 Å². The summed E-state index contributed by atoms with van der Waals surface area (Å²) in [7, 11) is 0. The Hall–Kier alpha value is -3.41. The smallest absolute Gasteiger partial charge is 0.268 e. The van der Waals surface area contributed by atoms with Crippen molar-refractivity contribution >= 4 is 16.9 Å². The molecule has 3 aromatic rings. The summed E-state index contributed by atoms with van der Waals surface area (Å²) < 4.78 is 55.5. The highest BCUT2D eigenvalue weighted by Crippen LogP contribution is 2.37. The van der Waals surface area contributed by atoms with Gasteiger partial charge in [0.1, 0.15) is 34.6 Å². The van der Waals surface area contributed by atoms with Crippen LogP contribution in [0.3, 0.4) is 0 Å². The van der Waals surface area contributed by atoms with Crippen LogP contribution in [0, 0.1) is 23.0 Å². The van der Waals surface area contributed by atoms with Crippen molar-refractivity contribution in [3.8, 4) is 11.8 Å². The highest BCUT2D eigenvalue weighted by Gasteiger charge is 2.46. The molecule has 4 rings (SSSR count). The van der Waals surface area contributed by atoms with Gasteiger partial charge in [-0.1, -0.05) is 0 Å². The maximum Gasteiger partial charge on any atom is 0.268 e. The number of halogens is 4. The zero-order chi connectivity index (χ0) is 20.1. The van der Waals surface area contributed by atoms with Gasteiger partial charge in [0.05, 0.1) is 5.69 Å². The Morgan fingerprint density at radius 3 is 2.54 bits per heavy atom. The molecular weight excluding hydrogens is 376 g/mol. The molecule has 5 nitrogen and oxygen atoms in total. The zero-order valence-corrected chi connectivity index (χ0v) is 14.2. The van der Waals surface area contributed by atoms with Gasteiger partial charge in [-0.15, -0.1) is 0 Å². The molecule has 0 bridgehead atoms. The number of aromatic nitrogens is 2. The number of amides is 1. The lowest BCUT2D eigenvalue weighted by atomic mass is 9.88. The Balaban J connectivity index is 1.81. The fraction of sp³-hybridized carbons (Fsp3) is 0.211. The van der Waals surface area contributed by atoms with Gasteiger partial charge in [-0.2, -0.15) is 5.26 Å². The molecule has 28 heavy (non-hydrogen) atoms. The second-order valence-electron chi connectivity index (χ2n) is 6.61. The van der Waals surface area contributed by atoms with Crippen molar-refractivity contribution in [3.05, 3.63) is 59.4 Å². The van der Waals surface area contributed by atoms with E-state index in [4.69, 9.17) is 5.26 Å². The second-order valence-corrected chi connectivity index (χ2v) is 6.61. The fourth-order valence-corrected chi connectivity index (χ4v) is 3.28. The highest BCUT2D eigenvalue weighted by molar-refractivity contribution is 5.99. The van der Waals surface area contributed by atoms with Gasteiger partial charge in [0.15, 0.2) is 0 Å². The summed E-state index contributed by atoms with van der Waals surface area (Å²) in [5.74, 6) is -5.63. The molecule has 1 aliphatic carbocycles. The lowest BCUT2D eigenvalue weighted by molar-refractivity contribution is -0.0901. The van der Waals surface area contributed by atoms with Crippen LogP contribution in [0.4, 0.5) is 17.6 Å². The molecule has 0 spiro atoms. The molecule has 142 valence electrons. The SMILES string of the molecule is N#Cc1c(F)cc(-n2c(C(=O)NC3CC(F)(F)C3)cc3cccnc32)cc1F. The number of carbonyl (C=O) groups is 1. The number of hydrogen-bond acceptors (Lipinski definition) is 3. The molecular formula is C19H12F4N4O. The lowest BCUT2D eigenvalue weighted by Gasteiger charge is -2.35. The van der Waals surface area contributed by atoms with Crippen LogP contribution in [-0.2, 0) is 0 Å². The summed E-state index contributed by atoms with van der Waals surface area (Å²) in [4.78, 5) is 16.8. The fourth-order valence-electron chi connectivity index (χ4n) is 3.28. The number of hydrogen-bond donors (Lipinski definition) is 1. The third kappa shape index (κ3) is 2.97. The van der Waals surface area contributed by atoms with Crippen molar-refractivity contribution in [1.82, 2.24) is 14.9 Å². The zero-order valence-electron chi connectivity index (χ0n) is 14.2.